The van der Waals surface area contributed by atoms with Gasteiger partial charge in [0.25, 0.3) is 0 Å². The zero-order valence-corrected chi connectivity index (χ0v) is 5.86. The number of nitrogens with two attached hydrogens (primary N) is 2. The molecule has 0 saturated carbocycles. The van der Waals surface area contributed by atoms with E-state index in [-0.39, 0.29) is 0 Å². The van der Waals surface area contributed by atoms with Gasteiger partial charge in [0.2, 0.25) is 0 Å². The summed E-state index contributed by atoms with van der Waals surface area (Å²) in [5.74, 6) is -0.806. The van der Waals surface area contributed by atoms with Crippen molar-refractivity contribution in [2.75, 3.05) is 19.6 Å². The van der Waals surface area contributed by atoms with Gasteiger partial charge in [0.15, 0.2) is 0 Å². The molecule has 1 aliphatic heterocycles. The normalized spacial score (nSPS) is 28.3. The SMILES string of the molecule is NC1(N)CN(Cl)CCN1. The molecule has 4 nitrogen and oxygen atoms in total. The van der Waals surface area contributed by atoms with Crippen molar-refractivity contribution in [1.29, 1.82) is 0 Å². The van der Waals surface area contributed by atoms with E-state index in [1.165, 1.54) is 0 Å². The molecule has 0 amide bonds. The second kappa shape index (κ2) is 2.40. The summed E-state index contributed by atoms with van der Waals surface area (Å²) in [5, 5.41) is 2.92. The number of nitrogens with zero attached hydrogens (tertiary/aromatic N) is 1. The molecule has 1 rings (SSSR count). The molecule has 0 radical (unpaired) electrons. The van der Waals surface area contributed by atoms with Crippen LogP contribution in [0.25, 0.3) is 0 Å². The van der Waals surface area contributed by atoms with Crippen LogP contribution in [-0.4, -0.2) is 29.8 Å². The van der Waals surface area contributed by atoms with E-state index in [2.05, 4.69) is 5.32 Å². The number of piperazine rings is 1. The van der Waals surface area contributed by atoms with Crippen LogP contribution < -0.4 is 16.8 Å². The van der Waals surface area contributed by atoms with Crippen molar-refractivity contribution in [2.24, 2.45) is 11.5 Å². The van der Waals surface area contributed by atoms with Crippen LogP contribution >= 0.6 is 11.8 Å². The summed E-state index contributed by atoms with van der Waals surface area (Å²) in [6, 6.07) is 0. The van der Waals surface area contributed by atoms with Gasteiger partial charge in [-0.1, -0.05) is 0 Å². The fraction of sp³-hybridized carbons (Fsp3) is 1.00. The number of hydrogen-bond acceptors (Lipinski definition) is 4. The number of rotatable bonds is 0. The summed E-state index contributed by atoms with van der Waals surface area (Å²) in [5.41, 5.74) is 11.0. The fourth-order valence-corrected chi connectivity index (χ4v) is 1.11. The third-order valence-electron chi connectivity index (χ3n) is 1.24. The van der Waals surface area contributed by atoms with Crippen molar-refractivity contribution < 1.29 is 0 Å². The summed E-state index contributed by atoms with van der Waals surface area (Å²) >= 11 is 5.63. The smallest absolute Gasteiger partial charge is 0.132 e. The van der Waals surface area contributed by atoms with Gasteiger partial charge in [-0.25, -0.2) is 4.42 Å². The molecule has 1 fully saturated rings. The summed E-state index contributed by atoms with van der Waals surface area (Å²) in [4.78, 5) is 0. The molecule has 0 aromatic rings. The van der Waals surface area contributed by atoms with Gasteiger partial charge in [-0.3, -0.25) is 16.8 Å². The lowest BCUT2D eigenvalue weighted by molar-refractivity contribution is 0.216. The van der Waals surface area contributed by atoms with E-state index in [0.29, 0.717) is 6.54 Å². The first-order valence-corrected chi connectivity index (χ1v) is 3.17. The average molecular weight is 151 g/mol. The van der Waals surface area contributed by atoms with Crippen LogP contribution in [0.4, 0.5) is 0 Å². The zero-order valence-electron chi connectivity index (χ0n) is 5.10. The lowest BCUT2D eigenvalue weighted by Crippen LogP contribution is -2.70. The average Bonchev–Trinajstić information content (AvgIpc) is 1.60. The maximum Gasteiger partial charge on any atom is 0.132 e. The topological polar surface area (TPSA) is 67.3 Å². The highest BCUT2D eigenvalue weighted by Gasteiger charge is 2.25. The van der Waals surface area contributed by atoms with Gasteiger partial charge in [0, 0.05) is 13.1 Å². The van der Waals surface area contributed by atoms with E-state index in [1.807, 2.05) is 0 Å². The molecule has 54 valence electrons. The number of hydrogen-bond donors (Lipinski definition) is 3. The molecule has 0 unspecified atom stereocenters. The Morgan fingerprint density at radius 3 is 2.56 bits per heavy atom. The molecule has 0 aromatic heterocycles. The van der Waals surface area contributed by atoms with Crippen molar-refractivity contribution in [1.82, 2.24) is 9.74 Å². The predicted molar refractivity (Wildman–Crippen MR) is 36.5 cm³/mol. The molecule has 1 saturated heterocycles. The molecule has 0 atom stereocenters. The molecular formula is C4H11ClN4. The Morgan fingerprint density at radius 1 is 1.56 bits per heavy atom. The Balaban J connectivity index is 2.41. The fourth-order valence-electron chi connectivity index (χ4n) is 0.829. The summed E-state index contributed by atoms with van der Waals surface area (Å²) in [6.45, 7) is 2.02. The van der Waals surface area contributed by atoms with Gasteiger partial charge in [-0.15, -0.1) is 0 Å². The maximum atomic E-state index is 5.63. The molecule has 5 N–H and O–H groups in total. The molecule has 0 bridgehead atoms. The standard InChI is InChI=1S/C4H11ClN4/c5-9-2-1-8-4(6,7)3-9/h8H,1-3,6-7H2. The molecular weight excluding hydrogens is 140 g/mol. The van der Waals surface area contributed by atoms with Gasteiger partial charge in [0.05, 0.1) is 6.54 Å². The van der Waals surface area contributed by atoms with Crippen molar-refractivity contribution >= 4 is 11.8 Å². The first kappa shape index (κ1) is 7.24. The predicted octanol–water partition coefficient (Wildman–Crippen LogP) is -1.38. The van der Waals surface area contributed by atoms with Crippen LogP contribution in [-0.2, 0) is 0 Å². The Bertz CT molecular complexity index is 105. The third-order valence-corrected chi connectivity index (χ3v) is 1.53. The minimum atomic E-state index is -0.806. The van der Waals surface area contributed by atoms with Crippen LogP contribution in [0.2, 0.25) is 0 Å². The molecule has 0 spiro atoms. The van der Waals surface area contributed by atoms with Gasteiger partial charge < -0.3 is 0 Å². The minimum Gasteiger partial charge on any atom is -0.300 e. The van der Waals surface area contributed by atoms with E-state index in [1.54, 1.807) is 4.42 Å². The van der Waals surface area contributed by atoms with Crippen LogP contribution in [0.5, 0.6) is 0 Å². The Labute approximate surface area is 59.2 Å². The lowest BCUT2D eigenvalue weighted by Gasteiger charge is -2.34. The van der Waals surface area contributed by atoms with Crippen LogP contribution in [0, 0.1) is 0 Å². The molecule has 1 aliphatic rings. The summed E-state index contributed by atoms with van der Waals surface area (Å²) < 4.78 is 1.58. The highest BCUT2D eigenvalue weighted by Crippen LogP contribution is 2.01. The second-order valence-electron chi connectivity index (χ2n) is 2.31. The van der Waals surface area contributed by atoms with Crippen LogP contribution in [0.15, 0.2) is 0 Å². The largest absolute Gasteiger partial charge is 0.300 e. The Hall–Kier alpha value is 0.130. The minimum absolute atomic E-state index is 0.481. The molecule has 1 heterocycles. The molecule has 5 heteroatoms. The highest BCUT2D eigenvalue weighted by atomic mass is 35.5. The van der Waals surface area contributed by atoms with E-state index in [0.717, 1.165) is 13.1 Å². The molecule has 0 aliphatic carbocycles. The zero-order chi connectivity index (χ0) is 6.91. The van der Waals surface area contributed by atoms with Gasteiger partial charge in [-0.05, 0) is 11.8 Å². The van der Waals surface area contributed by atoms with Crippen molar-refractivity contribution in [3.63, 3.8) is 0 Å². The third kappa shape index (κ3) is 2.08. The number of nitrogens with one attached hydrogen (secondary N) is 1. The highest BCUT2D eigenvalue weighted by molar-refractivity contribution is 6.13. The van der Waals surface area contributed by atoms with Crippen LogP contribution in [0.3, 0.4) is 0 Å². The van der Waals surface area contributed by atoms with Gasteiger partial charge in [-0.2, -0.15) is 0 Å². The van der Waals surface area contributed by atoms with E-state index in [4.69, 9.17) is 23.2 Å². The summed E-state index contributed by atoms with van der Waals surface area (Å²) in [7, 11) is 0. The Kier molecular flexibility index (Phi) is 1.93. The quantitative estimate of drug-likeness (QED) is 0.294. The van der Waals surface area contributed by atoms with Gasteiger partial charge in [0.1, 0.15) is 5.79 Å². The molecule has 0 aromatic carbocycles. The van der Waals surface area contributed by atoms with E-state index < -0.39 is 5.79 Å². The van der Waals surface area contributed by atoms with Crippen molar-refractivity contribution in [2.45, 2.75) is 5.79 Å². The van der Waals surface area contributed by atoms with Crippen molar-refractivity contribution in [3.8, 4) is 0 Å². The molecule has 9 heavy (non-hydrogen) atoms. The maximum absolute atomic E-state index is 5.63. The Morgan fingerprint density at radius 2 is 2.22 bits per heavy atom. The lowest BCUT2D eigenvalue weighted by atomic mass is 10.3. The first-order valence-electron chi connectivity index (χ1n) is 2.84. The first-order chi connectivity index (χ1) is 4.10. The van der Waals surface area contributed by atoms with E-state index >= 15 is 0 Å². The monoisotopic (exact) mass is 150 g/mol. The van der Waals surface area contributed by atoms with Crippen LogP contribution in [0.1, 0.15) is 0 Å². The number of halogens is 1. The van der Waals surface area contributed by atoms with E-state index in [9.17, 15) is 0 Å². The summed E-state index contributed by atoms with van der Waals surface area (Å²) in [6.07, 6.45) is 0. The van der Waals surface area contributed by atoms with Crippen molar-refractivity contribution in [3.05, 3.63) is 0 Å². The second-order valence-corrected chi connectivity index (χ2v) is 2.79. The van der Waals surface area contributed by atoms with Gasteiger partial charge >= 0.3 is 0 Å².